The molecule has 1 aliphatic heterocycles. The zero-order valence-corrected chi connectivity index (χ0v) is 21.9. The topological polar surface area (TPSA) is 65.1 Å². The Kier molecular flexibility index (Phi) is 8.18. The van der Waals surface area contributed by atoms with Crippen LogP contribution < -0.4 is 14.4 Å². The van der Waals surface area contributed by atoms with Gasteiger partial charge in [0.05, 0.1) is 27.9 Å². The standard InChI is InChI=1S/C23H22INO5S2/c1-5-29-18-10-15(9-17(24)21(18)30-12-20(26)28-4)11-19-22(27)25(23(31)32-19)16-7-6-13(2)14(3)8-16/h6-11H,5,12H2,1-4H3/b19-11+. The molecule has 2 aromatic carbocycles. The van der Waals surface area contributed by atoms with Gasteiger partial charge in [0, 0.05) is 0 Å². The molecule has 2 aromatic rings. The van der Waals surface area contributed by atoms with E-state index in [1.807, 2.05) is 45.0 Å². The van der Waals surface area contributed by atoms with E-state index < -0.39 is 5.97 Å². The van der Waals surface area contributed by atoms with Crippen LogP contribution >= 0.6 is 46.6 Å². The predicted molar refractivity (Wildman–Crippen MR) is 139 cm³/mol. The second kappa shape index (κ2) is 10.7. The summed E-state index contributed by atoms with van der Waals surface area (Å²) < 4.78 is 17.2. The number of thioether (sulfide) groups is 1. The Morgan fingerprint density at radius 3 is 2.59 bits per heavy atom. The third-order valence-corrected chi connectivity index (χ3v) is 6.84. The number of aryl methyl sites for hydroxylation is 2. The SMILES string of the molecule is CCOc1cc(/C=C2/SC(=S)N(c3ccc(C)c(C)c3)C2=O)cc(I)c1OCC(=O)OC. The highest BCUT2D eigenvalue weighted by Crippen LogP contribution is 2.39. The van der Waals surface area contributed by atoms with Crippen molar-refractivity contribution < 1.29 is 23.8 Å². The van der Waals surface area contributed by atoms with E-state index >= 15 is 0 Å². The molecule has 0 saturated carbocycles. The lowest BCUT2D eigenvalue weighted by molar-refractivity contribution is -0.142. The van der Waals surface area contributed by atoms with Crippen molar-refractivity contribution in [3.05, 3.63) is 55.5 Å². The van der Waals surface area contributed by atoms with E-state index in [1.54, 1.807) is 17.0 Å². The van der Waals surface area contributed by atoms with Crippen LogP contribution in [-0.4, -0.2) is 36.5 Å². The quantitative estimate of drug-likeness (QED) is 0.191. The van der Waals surface area contributed by atoms with Crippen LogP contribution in [0.2, 0.25) is 0 Å². The highest BCUT2D eigenvalue weighted by Gasteiger charge is 2.33. The second-order valence-electron chi connectivity index (χ2n) is 6.91. The number of hydrogen-bond donors (Lipinski definition) is 0. The maximum atomic E-state index is 13.1. The molecule has 0 aromatic heterocycles. The summed E-state index contributed by atoms with van der Waals surface area (Å²) in [6, 6.07) is 9.49. The molecule has 0 spiro atoms. The van der Waals surface area contributed by atoms with Gasteiger partial charge in [-0.25, -0.2) is 4.79 Å². The van der Waals surface area contributed by atoms with Crippen LogP contribution in [0, 0.1) is 17.4 Å². The van der Waals surface area contributed by atoms with Gasteiger partial charge in [0.15, 0.2) is 22.4 Å². The van der Waals surface area contributed by atoms with Crippen molar-refractivity contribution in [3.8, 4) is 11.5 Å². The summed E-state index contributed by atoms with van der Waals surface area (Å²) >= 11 is 8.86. The summed E-state index contributed by atoms with van der Waals surface area (Å²) in [6.45, 7) is 6.09. The summed E-state index contributed by atoms with van der Waals surface area (Å²) in [5.41, 5.74) is 3.78. The first-order valence-electron chi connectivity index (χ1n) is 9.76. The number of anilines is 1. The molecule has 1 amide bonds. The molecule has 0 radical (unpaired) electrons. The van der Waals surface area contributed by atoms with E-state index in [2.05, 4.69) is 27.3 Å². The molecular weight excluding hydrogens is 561 g/mol. The van der Waals surface area contributed by atoms with Crippen LogP contribution in [-0.2, 0) is 14.3 Å². The number of rotatable bonds is 7. The maximum Gasteiger partial charge on any atom is 0.343 e. The highest BCUT2D eigenvalue weighted by atomic mass is 127. The number of thiocarbonyl (C=S) groups is 1. The first kappa shape index (κ1) is 24.5. The molecule has 0 atom stereocenters. The van der Waals surface area contributed by atoms with Crippen LogP contribution in [0.15, 0.2) is 35.2 Å². The smallest absolute Gasteiger partial charge is 0.343 e. The number of nitrogens with zero attached hydrogens (tertiary/aromatic N) is 1. The van der Waals surface area contributed by atoms with Crippen molar-refractivity contribution in [1.29, 1.82) is 0 Å². The first-order chi connectivity index (χ1) is 15.2. The highest BCUT2D eigenvalue weighted by molar-refractivity contribution is 14.1. The molecule has 6 nitrogen and oxygen atoms in total. The summed E-state index contributed by atoms with van der Waals surface area (Å²) in [5.74, 6) is 0.293. The van der Waals surface area contributed by atoms with Crippen molar-refractivity contribution in [2.75, 3.05) is 25.2 Å². The van der Waals surface area contributed by atoms with Crippen molar-refractivity contribution in [1.82, 2.24) is 0 Å². The molecule has 0 aliphatic carbocycles. The van der Waals surface area contributed by atoms with Gasteiger partial charge in [-0.05, 0) is 90.4 Å². The molecule has 32 heavy (non-hydrogen) atoms. The van der Waals surface area contributed by atoms with Crippen molar-refractivity contribution in [2.45, 2.75) is 20.8 Å². The zero-order valence-electron chi connectivity index (χ0n) is 18.1. The molecule has 1 saturated heterocycles. The monoisotopic (exact) mass is 583 g/mol. The Labute approximate surface area is 210 Å². The Hall–Kier alpha value is -2.11. The lowest BCUT2D eigenvalue weighted by Crippen LogP contribution is -2.27. The molecule has 1 aliphatic rings. The van der Waals surface area contributed by atoms with E-state index in [1.165, 1.54) is 18.9 Å². The van der Waals surface area contributed by atoms with E-state index in [9.17, 15) is 9.59 Å². The number of esters is 1. The molecular formula is C23H22INO5S2. The molecule has 9 heteroatoms. The normalized spacial score (nSPS) is 14.8. The Bertz CT molecular complexity index is 1120. The van der Waals surface area contributed by atoms with Gasteiger partial charge in [0.1, 0.15) is 0 Å². The second-order valence-corrected chi connectivity index (χ2v) is 9.75. The fourth-order valence-corrected chi connectivity index (χ4v) is 5.05. The van der Waals surface area contributed by atoms with Gasteiger partial charge < -0.3 is 14.2 Å². The van der Waals surface area contributed by atoms with Gasteiger partial charge in [-0.2, -0.15) is 0 Å². The number of benzene rings is 2. The molecule has 0 unspecified atom stereocenters. The number of carbonyl (C=O) groups is 2. The molecule has 0 N–H and O–H groups in total. The van der Waals surface area contributed by atoms with Crippen molar-refractivity contribution >= 4 is 74.5 Å². The number of ether oxygens (including phenoxy) is 3. The van der Waals surface area contributed by atoms with Gasteiger partial charge in [0.25, 0.3) is 5.91 Å². The minimum atomic E-state index is -0.484. The summed E-state index contributed by atoms with van der Waals surface area (Å²) in [6.07, 6.45) is 1.79. The largest absolute Gasteiger partial charge is 0.490 e. The van der Waals surface area contributed by atoms with Crippen molar-refractivity contribution in [3.63, 3.8) is 0 Å². The van der Waals surface area contributed by atoms with Gasteiger partial charge in [0.2, 0.25) is 0 Å². The Balaban J connectivity index is 1.91. The third-order valence-electron chi connectivity index (χ3n) is 4.73. The minimum absolute atomic E-state index is 0.165. The van der Waals surface area contributed by atoms with E-state index in [0.717, 1.165) is 25.9 Å². The minimum Gasteiger partial charge on any atom is -0.490 e. The van der Waals surface area contributed by atoms with Crippen LogP contribution in [0.3, 0.4) is 0 Å². The lowest BCUT2D eigenvalue weighted by Gasteiger charge is -2.16. The lowest BCUT2D eigenvalue weighted by atomic mass is 10.1. The average molecular weight is 583 g/mol. The van der Waals surface area contributed by atoms with E-state index in [-0.39, 0.29) is 12.5 Å². The average Bonchev–Trinajstić information content (AvgIpc) is 3.02. The third kappa shape index (κ3) is 5.44. The van der Waals surface area contributed by atoms with Gasteiger partial charge in [-0.15, -0.1) is 0 Å². The van der Waals surface area contributed by atoms with E-state index in [4.69, 9.17) is 21.7 Å². The van der Waals surface area contributed by atoms with Crippen LogP contribution in [0.1, 0.15) is 23.6 Å². The number of carbonyl (C=O) groups excluding carboxylic acids is 2. The number of halogens is 1. The summed E-state index contributed by atoms with van der Waals surface area (Å²) in [7, 11) is 1.30. The molecule has 0 bridgehead atoms. The molecule has 1 fully saturated rings. The van der Waals surface area contributed by atoms with Gasteiger partial charge >= 0.3 is 5.97 Å². The van der Waals surface area contributed by atoms with Crippen LogP contribution in [0.25, 0.3) is 6.08 Å². The number of hydrogen-bond acceptors (Lipinski definition) is 7. The van der Waals surface area contributed by atoms with Crippen LogP contribution in [0.5, 0.6) is 11.5 Å². The molecule has 3 rings (SSSR count). The van der Waals surface area contributed by atoms with Crippen LogP contribution in [0.4, 0.5) is 5.69 Å². The fraction of sp³-hybridized carbons (Fsp3) is 0.261. The summed E-state index contributed by atoms with van der Waals surface area (Å²) in [4.78, 5) is 26.7. The number of amides is 1. The zero-order chi connectivity index (χ0) is 23.4. The van der Waals surface area contributed by atoms with Gasteiger partial charge in [-0.1, -0.05) is 30.0 Å². The number of methoxy groups -OCH3 is 1. The van der Waals surface area contributed by atoms with Gasteiger partial charge in [-0.3, -0.25) is 9.69 Å². The molecule has 168 valence electrons. The summed E-state index contributed by atoms with van der Waals surface area (Å²) in [5, 5.41) is 0. The Morgan fingerprint density at radius 2 is 1.94 bits per heavy atom. The first-order valence-corrected chi connectivity index (χ1v) is 12.1. The van der Waals surface area contributed by atoms with Crippen molar-refractivity contribution in [2.24, 2.45) is 0 Å². The molecule has 1 heterocycles. The van der Waals surface area contributed by atoms with E-state index in [0.29, 0.717) is 27.3 Å². The predicted octanol–water partition coefficient (Wildman–Crippen LogP) is 5.26. The maximum absolute atomic E-state index is 13.1. The fourth-order valence-electron chi connectivity index (χ4n) is 2.97. The Morgan fingerprint density at radius 1 is 1.19 bits per heavy atom.